The molecule has 78 valence electrons. The molecule has 0 aromatic heterocycles. The average Bonchev–Trinajstić information content (AvgIpc) is 2.21. The molecule has 0 aliphatic heterocycles. The van der Waals surface area contributed by atoms with Gasteiger partial charge in [-0.2, -0.15) is 0 Å². The third-order valence-corrected chi connectivity index (χ3v) is 2.24. The Kier molecular flexibility index (Phi) is 4.56. The molecule has 0 saturated heterocycles. The normalized spacial score (nSPS) is 12.8. The zero-order chi connectivity index (χ0) is 10.4. The molecule has 0 fully saturated rings. The molecular formula is C11H16FNO. The van der Waals surface area contributed by atoms with Crippen molar-refractivity contribution < 1.29 is 9.13 Å². The number of benzene rings is 1. The molecule has 1 N–H and O–H groups in total. The summed E-state index contributed by atoms with van der Waals surface area (Å²) in [4.78, 5) is 0. The predicted molar refractivity (Wildman–Crippen MR) is 54.7 cm³/mol. The lowest BCUT2D eigenvalue weighted by atomic mass is 10.0. The van der Waals surface area contributed by atoms with Gasteiger partial charge in [-0.3, -0.25) is 0 Å². The highest BCUT2D eigenvalue weighted by atomic mass is 19.1. The Morgan fingerprint density at radius 1 is 1.43 bits per heavy atom. The number of rotatable bonds is 5. The summed E-state index contributed by atoms with van der Waals surface area (Å²) in [7, 11) is 3.47. The molecule has 1 rings (SSSR count). The van der Waals surface area contributed by atoms with Crippen LogP contribution in [0.1, 0.15) is 18.0 Å². The van der Waals surface area contributed by atoms with Crippen LogP contribution in [0.5, 0.6) is 0 Å². The molecule has 1 aromatic rings. The van der Waals surface area contributed by atoms with Crippen molar-refractivity contribution in [3.63, 3.8) is 0 Å². The van der Waals surface area contributed by atoms with E-state index in [1.54, 1.807) is 19.2 Å². The Labute approximate surface area is 84.1 Å². The third-order valence-electron chi connectivity index (χ3n) is 2.24. The van der Waals surface area contributed by atoms with Crippen LogP contribution in [0.4, 0.5) is 4.39 Å². The number of hydrogen-bond donors (Lipinski definition) is 1. The van der Waals surface area contributed by atoms with E-state index in [1.807, 2.05) is 13.1 Å². The summed E-state index contributed by atoms with van der Waals surface area (Å²) >= 11 is 0. The molecule has 14 heavy (non-hydrogen) atoms. The van der Waals surface area contributed by atoms with Crippen LogP contribution in [0.3, 0.4) is 0 Å². The Bertz CT molecular complexity index is 278. The lowest BCUT2D eigenvalue weighted by Crippen LogP contribution is -2.19. The first-order valence-corrected chi connectivity index (χ1v) is 4.70. The van der Waals surface area contributed by atoms with Crippen molar-refractivity contribution in [3.05, 3.63) is 35.6 Å². The number of methoxy groups -OCH3 is 1. The monoisotopic (exact) mass is 197 g/mol. The van der Waals surface area contributed by atoms with E-state index < -0.39 is 0 Å². The van der Waals surface area contributed by atoms with E-state index in [4.69, 9.17) is 4.74 Å². The van der Waals surface area contributed by atoms with E-state index in [0.717, 1.165) is 6.42 Å². The van der Waals surface area contributed by atoms with Crippen molar-refractivity contribution in [2.24, 2.45) is 0 Å². The smallest absolute Gasteiger partial charge is 0.127 e. The first-order valence-electron chi connectivity index (χ1n) is 4.70. The Morgan fingerprint density at radius 2 is 2.14 bits per heavy atom. The Morgan fingerprint density at radius 3 is 2.71 bits per heavy atom. The minimum absolute atomic E-state index is 0.0242. The second-order valence-electron chi connectivity index (χ2n) is 3.14. The number of halogens is 1. The zero-order valence-corrected chi connectivity index (χ0v) is 8.59. The van der Waals surface area contributed by atoms with Gasteiger partial charge in [0.1, 0.15) is 5.82 Å². The molecule has 0 heterocycles. The van der Waals surface area contributed by atoms with Crippen molar-refractivity contribution in [2.75, 3.05) is 20.8 Å². The maximum absolute atomic E-state index is 13.4. The van der Waals surface area contributed by atoms with Crippen LogP contribution in [0.15, 0.2) is 24.3 Å². The van der Waals surface area contributed by atoms with Gasteiger partial charge in [-0.15, -0.1) is 0 Å². The van der Waals surface area contributed by atoms with Gasteiger partial charge < -0.3 is 10.1 Å². The molecule has 1 aromatic carbocycles. The van der Waals surface area contributed by atoms with E-state index in [0.29, 0.717) is 12.2 Å². The molecule has 0 radical (unpaired) electrons. The van der Waals surface area contributed by atoms with Crippen molar-refractivity contribution >= 4 is 0 Å². The van der Waals surface area contributed by atoms with Crippen LogP contribution in [0.2, 0.25) is 0 Å². The minimum Gasteiger partial charge on any atom is -0.385 e. The Balaban J connectivity index is 2.73. The standard InChI is InChI=1S/C11H16FNO/c1-13-11(7-8-14-2)9-5-3-4-6-10(9)12/h3-6,11,13H,7-8H2,1-2H3. The van der Waals surface area contributed by atoms with Gasteiger partial charge in [0.2, 0.25) is 0 Å². The van der Waals surface area contributed by atoms with E-state index in [2.05, 4.69) is 5.32 Å². The van der Waals surface area contributed by atoms with Crippen LogP contribution < -0.4 is 5.32 Å². The topological polar surface area (TPSA) is 21.3 Å². The number of ether oxygens (including phenoxy) is 1. The molecule has 0 aliphatic rings. The maximum atomic E-state index is 13.4. The van der Waals surface area contributed by atoms with Crippen LogP contribution in [0, 0.1) is 5.82 Å². The molecule has 0 aliphatic carbocycles. The van der Waals surface area contributed by atoms with Gasteiger partial charge in [-0.1, -0.05) is 18.2 Å². The van der Waals surface area contributed by atoms with Crippen molar-refractivity contribution in [3.8, 4) is 0 Å². The molecular weight excluding hydrogens is 181 g/mol. The molecule has 0 bridgehead atoms. The second kappa shape index (κ2) is 5.73. The second-order valence-corrected chi connectivity index (χ2v) is 3.14. The average molecular weight is 197 g/mol. The fourth-order valence-electron chi connectivity index (χ4n) is 1.45. The van der Waals surface area contributed by atoms with Gasteiger partial charge in [0.25, 0.3) is 0 Å². The number of hydrogen-bond acceptors (Lipinski definition) is 2. The molecule has 1 unspecified atom stereocenters. The van der Waals surface area contributed by atoms with E-state index in [-0.39, 0.29) is 11.9 Å². The summed E-state index contributed by atoms with van der Waals surface area (Å²) in [6.45, 7) is 0.625. The molecule has 1 atom stereocenters. The first-order chi connectivity index (χ1) is 6.79. The predicted octanol–water partition coefficient (Wildman–Crippen LogP) is 2.12. The van der Waals surface area contributed by atoms with Gasteiger partial charge >= 0.3 is 0 Å². The zero-order valence-electron chi connectivity index (χ0n) is 8.59. The lowest BCUT2D eigenvalue weighted by molar-refractivity contribution is 0.183. The molecule has 0 amide bonds. The fraction of sp³-hybridized carbons (Fsp3) is 0.455. The van der Waals surface area contributed by atoms with Gasteiger partial charge in [0.05, 0.1) is 0 Å². The number of nitrogens with one attached hydrogen (secondary N) is 1. The minimum atomic E-state index is -0.164. The van der Waals surface area contributed by atoms with E-state index >= 15 is 0 Å². The largest absolute Gasteiger partial charge is 0.385 e. The quantitative estimate of drug-likeness (QED) is 0.780. The van der Waals surface area contributed by atoms with Crippen LogP contribution in [0.25, 0.3) is 0 Å². The highest BCUT2D eigenvalue weighted by Gasteiger charge is 2.12. The summed E-state index contributed by atoms with van der Waals surface area (Å²) < 4.78 is 18.3. The van der Waals surface area contributed by atoms with Crippen molar-refractivity contribution in [1.29, 1.82) is 0 Å². The highest BCUT2D eigenvalue weighted by Crippen LogP contribution is 2.19. The summed E-state index contributed by atoms with van der Waals surface area (Å²) in [6.07, 6.45) is 0.772. The van der Waals surface area contributed by atoms with Gasteiger partial charge in [0.15, 0.2) is 0 Å². The van der Waals surface area contributed by atoms with Crippen LogP contribution in [-0.2, 0) is 4.74 Å². The third kappa shape index (κ3) is 2.79. The van der Waals surface area contributed by atoms with Crippen molar-refractivity contribution in [2.45, 2.75) is 12.5 Å². The summed E-state index contributed by atoms with van der Waals surface area (Å²) in [5.41, 5.74) is 0.701. The first kappa shape index (κ1) is 11.1. The van der Waals surface area contributed by atoms with Crippen LogP contribution >= 0.6 is 0 Å². The van der Waals surface area contributed by atoms with Gasteiger partial charge in [0, 0.05) is 25.3 Å². The van der Waals surface area contributed by atoms with Gasteiger partial charge in [-0.25, -0.2) is 4.39 Å². The lowest BCUT2D eigenvalue weighted by Gasteiger charge is -2.16. The molecule has 0 saturated carbocycles. The molecule has 3 heteroatoms. The van der Waals surface area contributed by atoms with E-state index in [1.165, 1.54) is 6.07 Å². The summed E-state index contributed by atoms with van der Waals surface area (Å²) in [6, 6.07) is 6.84. The van der Waals surface area contributed by atoms with Gasteiger partial charge in [-0.05, 0) is 19.5 Å². The summed E-state index contributed by atoms with van der Waals surface area (Å²) in [5.74, 6) is -0.164. The van der Waals surface area contributed by atoms with Crippen LogP contribution in [-0.4, -0.2) is 20.8 Å². The van der Waals surface area contributed by atoms with E-state index in [9.17, 15) is 4.39 Å². The fourth-order valence-corrected chi connectivity index (χ4v) is 1.45. The molecule has 0 spiro atoms. The summed E-state index contributed by atoms with van der Waals surface area (Å²) in [5, 5.41) is 3.07. The molecule has 2 nitrogen and oxygen atoms in total. The maximum Gasteiger partial charge on any atom is 0.127 e. The Hall–Kier alpha value is -0.930. The highest BCUT2D eigenvalue weighted by molar-refractivity contribution is 5.21. The SMILES string of the molecule is CNC(CCOC)c1ccccc1F. The van der Waals surface area contributed by atoms with Crippen molar-refractivity contribution in [1.82, 2.24) is 5.32 Å².